The van der Waals surface area contributed by atoms with E-state index in [0.717, 1.165) is 6.41 Å². The molecule has 11 heteroatoms. The molecule has 31 heavy (non-hydrogen) atoms. The molecule has 0 aliphatic heterocycles. The summed E-state index contributed by atoms with van der Waals surface area (Å²) < 4.78 is 34.3. The van der Waals surface area contributed by atoms with Gasteiger partial charge in [0.15, 0.2) is 0 Å². The van der Waals surface area contributed by atoms with Crippen LogP contribution in [0, 0.1) is 0 Å². The number of amides is 1. The third-order valence-corrected chi connectivity index (χ3v) is 4.99. The van der Waals surface area contributed by atoms with Gasteiger partial charge >= 0.3 is 13.6 Å². The SMILES string of the molecule is CN(C)C=O.COc1ccc(OP(=O)(CNCC(=O)O)Oc2ccc(OC)cc2)cc1. The van der Waals surface area contributed by atoms with Crippen LogP contribution < -0.4 is 23.8 Å². The first-order chi connectivity index (χ1) is 14.7. The van der Waals surface area contributed by atoms with Gasteiger partial charge in [-0.1, -0.05) is 0 Å². The second-order valence-electron chi connectivity index (χ2n) is 6.19. The average Bonchev–Trinajstić information content (AvgIpc) is 2.75. The van der Waals surface area contributed by atoms with Crippen molar-refractivity contribution < 1.29 is 37.8 Å². The Balaban J connectivity index is 0.000000861. The van der Waals surface area contributed by atoms with E-state index >= 15 is 0 Å². The summed E-state index contributed by atoms with van der Waals surface area (Å²) in [5.74, 6) is 0.768. The topological polar surface area (TPSA) is 124 Å². The Bertz CT molecular complexity index is 803. The Labute approximate surface area is 181 Å². The minimum absolute atomic E-state index is 0.280. The number of hydrogen-bond acceptors (Lipinski definition) is 8. The quantitative estimate of drug-likeness (QED) is 0.390. The number of carbonyl (C=O) groups is 2. The van der Waals surface area contributed by atoms with Crippen LogP contribution in [-0.2, 0) is 14.2 Å². The van der Waals surface area contributed by atoms with Crippen molar-refractivity contribution in [1.82, 2.24) is 10.2 Å². The first kappa shape index (κ1) is 25.8. The summed E-state index contributed by atoms with van der Waals surface area (Å²) in [4.78, 5) is 21.6. The lowest BCUT2D eigenvalue weighted by Gasteiger charge is -2.20. The minimum Gasteiger partial charge on any atom is -0.497 e. The van der Waals surface area contributed by atoms with E-state index in [-0.39, 0.29) is 12.8 Å². The van der Waals surface area contributed by atoms with Crippen molar-refractivity contribution in [2.24, 2.45) is 0 Å². The second kappa shape index (κ2) is 13.1. The van der Waals surface area contributed by atoms with Crippen LogP contribution in [0.25, 0.3) is 0 Å². The minimum atomic E-state index is -3.72. The molecule has 10 nitrogen and oxygen atoms in total. The van der Waals surface area contributed by atoms with Crippen LogP contribution in [0.2, 0.25) is 0 Å². The van der Waals surface area contributed by atoms with Gasteiger partial charge in [-0.05, 0) is 48.5 Å². The van der Waals surface area contributed by atoms with Gasteiger partial charge < -0.3 is 28.5 Å². The van der Waals surface area contributed by atoms with E-state index in [4.69, 9.17) is 23.6 Å². The molecule has 2 rings (SSSR count). The van der Waals surface area contributed by atoms with Crippen molar-refractivity contribution in [2.75, 3.05) is 41.1 Å². The Kier molecular flexibility index (Phi) is 10.9. The van der Waals surface area contributed by atoms with E-state index < -0.39 is 13.6 Å². The van der Waals surface area contributed by atoms with E-state index in [1.54, 1.807) is 62.6 Å². The highest BCUT2D eigenvalue weighted by Crippen LogP contribution is 2.47. The van der Waals surface area contributed by atoms with Crippen molar-refractivity contribution >= 4 is 20.0 Å². The Morgan fingerprint density at radius 2 is 1.29 bits per heavy atom. The van der Waals surface area contributed by atoms with Gasteiger partial charge in [0.2, 0.25) is 6.41 Å². The van der Waals surface area contributed by atoms with Gasteiger partial charge in [-0.2, -0.15) is 0 Å². The van der Waals surface area contributed by atoms with E-state index in [9.17, 15) is 14.2 Å². The summed E-state index contributed by atoms with van der Waals surface area (Å²) in [5, 5.41) is 11.3. The molecule has 2 aromatic carbocycles. The van der Waals surface area contributed by atoms with Crippen LogP contribution in [0.1, 0.15) is 0 Å². The number of rotatable bonds is 11. The van der Waals surface area contributed by atoms with Gasteiger partial charge in [0.25, 0.3) is 0 Å². The number of carboxylic acids is 1. The maximum atomic E-state index is 13.1. The number of methoxy groups -OCH3 is 2. The van der Waals surface area contributed by atoms with Crippen LogP contribution in [0.5, 0.6) is 23.0 Å². The van der Waals surface area contributed by atoms with Crippen molar-refractivity contribution in [3.05, 3.63) is 48.5 Å². The summed E-state index contributed by atoms with van der Waals surface area (Å²) in [5.41, 5.74) is 0. The number of carbonyl (C=O) groups excluding carboxylic acids is 1. The molecule has 0 aliphatic rings. The van der Waals surface area contributed by atoms with Crippen LogP contribution in [0.15, 0.2) is 48.5 Å². The Morgan fingerprint density at radius 3 is 1.58 bits per heavy atom. The molecule has 0 saturated heterocycles. The molecular formula is C20H27N2O8P. The molecule has 0 aliphatic carbocycles. The monoisotopic (exact) mass is 454 g/mol. The fourth-order valence-electron chi connectivity index (χ4n) is 1.98. The lowest BCUT2D eigenvalue weighted by Crippen LogP contribution is -2.25. The van der Waals surface area contributed by atoms with Crippen molar-refractivity contribution in [1.29, 1.82) is 0 Å². The molecule has 170 valence electrons. The van der Waals surface area contributed by atoms with E-state index in [1.165, 1.54) is 19.1 Å². The van der Waals surface area contributed by atoms with Gasteiger partial charge in [0.1, 0.15) is 29.3 Å². The summed E-state index contributed by atoms with van der Waals surface area (Å²) >= 11 is 0. The largest absolute Gasteiger partial charge is 0.497 e. The number of nitrogens with one attached hydrogen (secondary N) is 1. The number of ether oxygens (including phenoxy) is 2. The van der Waals surface area contributed by atoms with Crippen molar-refractivity contribution in [2.45, 2.75) is 0 Å². The van der Waals surface area contributed by atoms with Crippen molar-refractivity contribution in [3.8, 4) is 23.0 Å². The maximum Gasteiger partial charge on any atom is 0.444 e. The molecule has 0 radical (unpaired) electrons. The zero-order valence-corrected chi connectivity index (χ0v) is 18.7. The molecule has 2 N–H and O–H groups in total. The smallest absolute Gasteiger partial charge is 0.444 e. The Morgan fingerprint density at radius 1 is 0.935 bits per heavy atom. The van der Waals surface area contributed by atoms with Gasteiger partial charge in [0, 0.05) is 14.1 Å². The predicted molar refractivity (Wildman–Crippen MR) is 115 cm³/mol. The molecule has 0 spiro atoms. The number of benzene rings is 2. The number of carboxylic acid groups (broad SMARTS) is 1. The molecular weight excluding hydrogens is 427 g/mol. The molecule has 1 amide bonds. The van der Waals surface area contributed by atoms with Crippen molar-refractivity contribution in [3.63, 3.8) is 0 Å². The highest BCUT2D eigenvalue weighted by molar-refractivity contribution is 7.54. The standard InChI is InChI=1S/C17H20NO7P.C3H7NO/c1-22-13-3-7-15(8-4-13)24-26(21,12-18-11-17(19)20)25-16-9-5-14(23-2)6-10-16;1-4(2)3-5/h3-10,18H,11-12H2,1-2H3,(H,19,20);3H,1-2H3. The van der Waals surface area contributed by atoms with Gasteiger partial charge in [-0.3, -0.25) is 14.9 Å². The summed E-state index contributed by atoms with van der Waals surface area (Å²) in [7, 11) is 2.71. The third kappa shape index (κ3) is 10.4. The van der Waals surface area contributed by atoms with Gasteiger partial charge in [-0.25, -0.2) is 4.57 Å². The van der Waals surface area contributed by atoms with E-state index in [1.807, 2.05) is 0 Å². The fraction of sp³-hybridized carbons (Fsp3) is 0.300. The van der Waals surface area contributed by atoms with Crippen LogP contribution in [-0.4, -0.2) is 63.5 Å². The first-order valence-corrected chi connectivity index (χ1v) is 10.7. The molecule has 0 aromatic heterocycles. The van der Waals surface area contributed by atoms with Crippen LogP contribution in [0.4, 0.5) is 0 Å². The fourth-order valence-corrected chi connectivity index (χ4v) is 3.42. The number of nitrogens with zero attached hydrogens (tertiary/aromatic N) is 1. The summed E-state index contributed by atoms with van der Waals surface area (Å²) in [6.45, 7) is -0.373. The molecule has 2 aromatic rings. The van der Waals surface area contributed by atoms with E-state index in [2.05, 4.69) is 5.32 Å². The predicted octanol–water partition coefficient (Wildman–Crippen LogP) is 2.69. The molecule has 0 fully saturated rings. The molecule has 0 unspecified atom stereocenters. The molecule has 0 atom stereocenters. The Hall–Kier alpha value is -3.23. The molecule has 0 bridgehead atoms. The highest BCUT2D eigenvalue weighted by Gasteiger charge is 2.28. The zero-order valence-electron chi connectivity index (χ0n) is 17.8. The number of hydrogen-bond donors (Lipinski definition) is 2. The number of aliphatic carboxylic acids is 1. The average molecular weight is 454 g/mol. The molecule has 0 saturated carbocycles. The maximum absolute atomic E-state index is 13.1. The third-order valence-electron chi connectivity index (χ3n) is 3.40. The lowest BCUT2D eigenvalue weighted by molar-refractivity contribution is -0.135. The van der Waals surface area contributed by atoms with Crippen LogP contribution in [0.3, 0.4) is 0 Å². The first-order valence-electron chi connectivity index (χ1n) is 9.02. The lowest BCUT2D eigenvalue weighted by atomic mass is 10.3. The van der Waals surface area contributed by atoms with E-state index in [0.29, 0.717) is 23.0 Å². The van der Waals surface area contributed by atoms with Gasteiger partial charge in [0.05, 0.1) is 20.8 Å². The summed E-state index contributed by atoms with van der Waals surface area (Å²) in [6.07, 6.45) is 0.470. The molecule has 0 heterocycles. The zero-order chi connectivity index (χ0) is 23.3. The van der Waals surface area contributed by atoms with Gasteiger partial charge in [-0.15, -0.1) is 0 Å². The highest BCUT2D eigenvalue weighted by atomic mass is 31.2. The second-order valence-corrected chi connectivity index (χ2v) is 8.10. The normalized spacial score (nSPS) is 10.2. The summed E-state index contributed by atoms with van der Waals surface area (Å²) in [6, 6.07) is 12.9. The van der Waals surface area contributed by atoms with Crippen LogP contribution >= 0.6 is 7.60 Å².